The topological polar surface area (TPSA) is 120 Å². The minimum Gasteiger partial charge on any atom is -0.444 e. The van der Waals surface area contributed by atoms with Gasteiger partial charge in [0, 0.05) is 7.05 Å². The maximum atomic E-state index is 11.9. The molecule has 1 unspecified atom stereocenters. The summed E-state index contributed by atoms with van der Waals surface area (Å²) in [6.07, 6.45) is -6.29. The summed E-state index contributed by atoms with van der Waals surface area (Å²) < 4.78 is 10.1. The second-order valence-electron chi connectivity index (χ2n) is 5.81. The van der Waals surface area contributed by atoms with Crippen molar-refractivity contribution in [2.45, 2.75) is 57.0 Å². The molecule has 0 saturated carbocycles. The molecule has 0 aromatic rings. The van der Waals surface area contributed by atoms with Crippen molar-refractivity contribution in [1.82, 2.24) is 4.90 Å². The number of ether oxygens (including phenoxy) is 2. The number of hydrogen-bond donors (Lipinski definition) is 4. The number of hydrogen-bond acceptors (Lipinski definition) is 7. The largest absolute Gasteiger partial charge is 0.444 e. The Morgan fingerprint density at radius 1 is 1.25 bits per heavy atom. The highest BCUT2D eigenvalue weighted by molar-refractivity contribution is 5.68. The molecule has 0 radical (unpaired) electrons. The van der Waals surface area contributed by atoms with E-state index in [0.29, 0.717) is 0 Å². The fourth-order valence-electron chi connectivity index (χ4n) is 1.96. The highest BCUT2D eigenvalue weighted by atomic mass is 16.6. The molecule has 8 heteroatoms. The van der Waals surface area contributed by atoms with E-state index >= 15 is 0 Å². The Hall–Kier alpha value is -0.930. The van der Waals surface area contributed by atoms with Crippen molar-refractivity contribution >= 4 is 6.09 Å². The van der Waals surface area contributed by atoms with Gasteiger partial charge in [0.1, 0.15) is 30.0 Å². The summed E-state index contributed by atoms with van der Waals surface area (Å²) in [5, 5.41) is 38.5. The van der Waals surface area contributed by atoms with E-state index in [-0.39, 0.29) is 0 Å². The Labute approximate surface area is 117 Å². The van der Waals surface area contributed by atoms with Crippen LogP contribution in [0, 0.1) is 0 Å². The molecule has 4 N–H and O–H groups in total. The lowest BCUT2D eigenvalue weighted by Gasteiger charge is -2.43. The van der Waals surface area contributed by atoms with Crippen LogP contribution in [0.5, 0.6) is 0 Å². The van der Waals surface area contributed by atoms with E-state index in [4.69, 9.17) is 14.6 Å². The summed E-state index contributed by atoms with van der Waals surface area (Å²) in [6, 6.07) is -1.19. The molecule has 1 fully saturated rings. The molecule has 1 amide bonds. The van der Waals surface area contributed by atoms with Crippen LogP contribution in [-0.4, -0.2) is 81.3 Å². The molecule has 1 rings (SSSR count). The summed E-state index contributed by atoms with van der Waals surface area (Å²) in [5.41, 5.74) is -0.733. The second-order valence-corrected chi connectivity index (χ2v) is 5.81. The van der Waals surface area contributed by atoms with Crippen LogP contribution in [-0.2, 0) is 9.47 Å². The molecule has 5 atom stereocenters. The Morgan fingerprint density at radius 3 is 2.25 bits per heavy atom. The third-order valence-corrected chi connectivity index (χ3v) is 3.00. The number of aliphatic hydroxyl groups excluding tert-OH is 4. The van der Waals surface area contributed by atoms with Gasteiger partial charge in [0.15, 0.2) is 6.29 Å². The Kier molecular flexibility index (Phi) is 5.33. The van der Waals surface area contributed by atoms with Crippen molar-refractivity contribution < 1.29 is 34.7 Å². The number of amides is 1. The van der Waals surface area contributed by atoms with Crippen LogP contribution < -0.4 is 0 Å². The number of aliphatic hydroxyl groups is 4. The standard InChI is InChI=1S/C12H23NO7/c1-12(2,3)20-11(18)13(4)7-9(16)8(15)6(5-14)19-10(7)17/h6-10,14-17H,5H2,1-4H3/t6-,7-,8-,9-,10?/m1/s1. The normalized spacial score (nSPS) is 34.7. The lowest BCUT2D eigenvalue weighted by molar-refractivity contribution is -0.267. The zero-order chi connectivity index (χ0) is 15.7. The van der Waals surface area contributed by atoms with Gasteiger partial charge in [0.25, 0.3) is 0 Å². The minimum atomic E-state index is -1.54. The fourth-order valence-corrected chi connectivity index (χ4v) is 1.96. The molecule has 0 aromatic heterocycles. The van der Waals surface area contributed by atoms with Crippen molar-refractivity contribution in [1.29, 1.82) is 0 Å². The van der Waals surface area contributed by atoms with Crippen LogP contribution in [0.15, 0.2) is 0 Å². The van der Waals surface area contributed by atoms with E-state index in [1.807, 2.05) is 0 Å². The average Bonchev–Trinajstić information content (AvgIpc) is 2.31. The van der Waals surface area contributed by atoms with Crippen LogP contribution in [0.1, 0.15) is 20.8 Å². The number of carbonyl (C=O) groups is 1. The number of likely N-dealkylation sites (N-methyl/N-ethyl adjacent to an activating group) is 1. The molecule has 20 heavy (non-hydrogen) atoms. The molecule has 0 spiro atoms. The maximum absolute atomic E-state index is 11.9. The van der Waals surface area contributed by atoms with Crippen LogP contribution in [0.3, 0.4) is 0 Å². The monoisotopic (exact) mass is 293 g/mol. The summed E-state index contributed by atoms with van der Waals surface area (Å²) >= 11 is 0. The van der Waals surface area contributed by atoms with Gasteiger partial charge in [-0.3, -0.25) is 0 Å². The molecule has 0 bridgehead atoms. The van der Waals surface area contributed by atoms with Crippen LogP contribution in [0.25, 0.3) is 0 Å². The molecule has 1 heterocycles. The van der Waals surface area contributed by atoms with Crippen molar-refractivity contribution in [2.24, 2.45) is 0 Å². The van der Waals surface area contributed by atoms with Crippen molar-refractivity contribution in [3.63, 3.8) is 0 Å². The van der Waals surface area contributed by atoms with E-state index in [0.717, 1.165) is 4.90 Å². The predicted octanol–water partition coefficient (Wildman–Crippen LogP) is -1.35. The maximum Gasteiger partial charge on any atom is 0.410 e. The number of carbonyl (C=O) groups excluding carboxylic acids is 1. The first-order valence-electron chi connectivity index (χ1n) is 6.35. The first-order chi connectivity index (χ1) is 9.08. The minimum absolute atomic E-state index is 0.557. The molecule has 8 nitrogen and oxygen atoms in total. The quantitative estimate of drug-likeness (QED) is 0.497. The van der Waals surface area contributed by atoms with Crippen molar-refractivity contribution in [3.05, 3.63) is 0 Å². The SMILES string of the molecule is CN(C(=O)OC(C)(C)C)[C@H]1C(O)O[C@H](CO)[C@@H](O)[C@@H]1O. The smallest absolute Gasteiger partial charge is 0.410 e. The van der Waals surface area contributed by atoms with Crippen molar-refractivity contribution in [2.75, 3.05) is 13.7 Å². The third kappa shape index (κ3) is 3.80. The predicted molar refractivity (Wildman–Crippen MR) is 67.8 cm³/mol. The summed E-state index contributed by atoms with van der Waals surface area (Å²) in [6.45, 7) is 4.48. The van der Waals surface area contributed by atoms with Gasteiger partial charge < -0.3 is 34.8 Å². The van der Waals surface area contributed by atoms with Gasteiger partial charge in [-0.15, -0.1) is 0 Å². The lowest BCUT2D eigenvalue weighted by Crippen LogP contribution is -2.64. The van der Waals surface area contributed by atoms with E-state index in [9.17, 15) is 20.1 Å². The Balaban J connectivity index is 2.81. The molecular formula is C12H23NO7. The molecule has 0 aliphatic carbocycles. The number of rotatable bonds is 2. The average molecular weight is 293 g/mol. The third-order valence-electron chi connectivity index (χ3n) is 3.00. The van der Waals surface area contributed by atoms with Crippen LogP contribution in [0.2, 0.25) is 0 Å². The van der Waals surface area contributed by atoms with Gasteiger partial charge in [0.05, 0.1) is 6.61 Å². The molecule has 1 aliphatic rings. The summed E-state index contributed by atoms with van der Waals surface area (Å²) in [7, 11) is 1.32. The molecule has 0 aromatic carbocycles. The highest BCUT2D eigenvalue weighted by Crippen LogP contribution is 2.24. The van der Waals surface area contributed by atoms with Gasteiger partial charge in [-0.2, -0.15) is 0 Å². The molecular weight excluding hydrogens is 270 g/mol. The van der Waals surface area contributed by atoms with Gasteiger partial charge in [0.2, 0.25) is 0 Å². The second kappa shape index (κ2) is 6.23. The molecule has 1 aliphatic heterocycles. The van der Waals surface area contributed by atoms with Gasteiger partial charge in [-0.1, -0.05) is 0 Å². The molecule has 118 valence electrons. The Morgan fingerprint density at radius 2 is 1.80 bits per heavy atom. The first-order valence-corrected chi connectivity index (χ1v) is 6.35. The van der Waals surface area contributed by atoms with E-state index in [2.05, 4.69) is 0 Å². The van der Waals surface area contributed by atoms with Crippen LogP contribution >= 0.6 is 0 Å². The number of nitrogens with zero attached hydrogens (tertiary/aromatic N) is 1. The fraction of sp³-hybridized carbons (Fsp3) is 0.917. The summed E-state index contributed by atoms with van der Waals surface area (Å²) in [4.78, 5) is 12.9. The lowest BCUT2D eigenvalue weighted by atomic mass is 9.96. The molecule has 1 saturated heterocycles. The zero-order valence-electron chi connectivity index (χ0n) is 12.1. The first kappa shape index (κ1) is 17.1. The van der Waals surface area contributed by atoms with Gasteiger partial charge in [-0.25, -0.2) is 4.79 Å². The zero-order valence-corrected chi connectivity index (χ0v) is 12.1. The van der Waals surface area contributed by atoms with Crippen molar-refractivity contribution in [3.8, 4) is 0 Å². The highest BCUT2D eigenvalue weighted by Gasteiger charge is 2.47. The van der Waals surface area contributed by atoms with Gasteiger partial charge in [-0.05, 0) is 20.8 Å². The van der Waals surface area contributed by atoms with E-state index in [1.165, 1.54) is 7.05 Å². The Bertz CT molecular complexity index is 343. The van der Waals surface area contributed by atoms with Crippen LogP contribution in [0.4, 0.5) is 4.79 Å². The summed E-state index contributed by atoms with van der Waals surface area (Å²) in [5.74, 6) is 0. The van der Waals surface area contributed by atoms with Gasteiger partial charge >= 0.3 is 6.09 Å². The van der Waals surface area contributed by atoms with E-state index in [1.54, 1.807) is 20.8 Å². The van der Waals surface area contributed by atoms with E-state index < -0.39 is 48.9 Å².